The van der Waals surface area contributed by atoms with E-state index in [1.54, 1.807) is 20.8 Å². The van der Waals surface area contributed by atoms with Crippen LogP contribution < -0.4 is 0 Å². The Bertz CT molecular complexity index is 390. The van der Waals surface area contributed by atoms with Gasteiger partial charge in [0.2, 0.25) is 0 Å². The van der Waals surface area contributed by atoms with Crippen molar-refractivity contribution in [3.63, 3.8) is 0 Å². The molecule has 0 fully saturated rings. The van der Waals surface area contributed by atoms with Gasteiger partial charge in [0.05, 0.1) is 5.41 Å². The molecule has 0 aromatic heterocycles. The van der Waals surface area contributed by atoms with E-state index in [1.165, 1.54) is 18.2 Å². The smallest absolute Gasteiger partial charge is 0.311 e. The summed E-state index contributed by atoms with van der Waals surface area (Å²) in [6, 6.07) is 4.09. The van der Waals surface area contributed by atoms with Crippen molar-refractivity contribution in [3.05, 3.63) is 23.8 Å². The Kier molecular flexibility index (Phi) is 3.42. The summed E-state index contributed by atoms with van der Waals surface area (Å²) in [4.78, 5) is 11.5. The van der Waals surface area contributed by atoms with Crippen LogP contribution in [0.1, 0.15) is 26.3 Å². The lowest BCUT2D eigenvalue weighted by Crippen LogP contribution is -2.22. The summed E-state index contributed by atoms with van der Waals surface area (Å²) in [5.74, 6) is -0.325. The van der Waals surface area contributed by atoms with Crippen molar-refractivity contribution in [2.24, 2.45) is 5.41 Å². The van der Waals surface area contributed by atoms with Gasteiger partial charge in [0, 0.05) is 5.56 Å². The number of rotatable bonds is 2. The van der Waals surface area contributed by atoms with Crippen LogP contribution in [0.25, 0.3) is 0 Å². The SMILES string of the molecule is CC(C)(C)C(=O)OCc1cc(O)ccc1O. The van der Waals surface area contributed by atoms with Gasteiger partial charge in [-0.05, 0) is 39.0 Å². The van der Waals surface area contributed by atoms with Crippen LogP contribution in [0.4, 0.5) is 0 Å². The van der Waals surface area contributed by atoms with Gasteiger partial charge < -0.3 is 14.9 Å². The molecule has 0 heterocycles. The molecule has 1 aromatic carbocycles. The molecule has 0 aliphatic heterocycles. The van der Waals surface area contributed by atoms with Crippen LogP contribution in [0.15, 0.2) is 18.2 Å². The molecule has 0 amide bonds. The number of carbonyl (C=O) groups is 1. The molecule has 16 heavy (non-hydrogen) atoms. The maximum Gasteiger partial charge on any atom is 0.311 e. The van der Waals surface area contributed by atoms with Crippen LogP contribution in [-0.2, 0) is 16.1 Å². The highest BCUT2D eigenvalue weighted by molar-refractivity contribution is 5.75. The van der Waals surface area contributed by atoms with Crippen LogP contribution in [0, 0.1) is 5.41 Å². The Balaban J connectivity index is 2.68. The highest BCUT2D eigenvalue weighted by Gasteiger charge is 2.23. The third-order valence-electron chi connectivity index (χ3n) is 2.03. The third kappa shape index (κ3) is 3.15. The van der Waals surface area contributed by atoms with Crippen molar-refractivity contribution in [1.29, 1.82) is 0 Å². The van der Waals surface area contributed by atoms with Crippen LogP contribution in [-0.4, -0.2) is 16.2 Å². The molecule has 0 radical (unpaired) electrons. The fourth-order valence-electron chi connectivity index (χ4n) is 1.05. The van der Waals surface area contributed by atoms with E-state index in [0.29, 0.717) is 5.56 Å². The van der Waals surface area contributed by atoms with Gasteiger partial charge in [0.1, 0.15) is 18.1 Å². The fraction of sp³-hybridized carbons (Fsp3) is 0.417. The van der Waals surface area contributed by atoms with Gasteiger partial charge in [-0.1, -0.05) is 0 Å². The summed E-state index contributed by atoms with van der Waals surface area (Å²) in [5, 5.41) is 18.7. The van der Waals surface area contributed by atoms with E-state index in [9.17, 15) is 15.0 Å². The van der Waals surface area contributed by atoms with Crippen LogP contribution in [0.3, 0.4) is 0 Å². The lowest BCUT2D eigenvalue weighted by atomic mass is 9.97. The first-order chi connectivity index (χ1) is 7.30. The van der Waals surface area contributed by atoms with E-state index in [4.69, 9.17) is 4.74 Å². The molecule has 4 nitrogen and oxygen atoms in total. The minimum atomic E-state index is -0.577. The van der Waals surface area contributed by atoms with E-state index in [1.807, 2.05) is 0 Å². The van der Waals surface area contributed by atoms with Gasteiger partial charge in [0.25, 0.3) is 0 Å². The van der Waals surface area contributed by atoms with Crippen LogP contribution in [0.2, 0.25) is 0 Å². The number of esters is 1. The number of phenols is 2. The van der Waals surface area contributed by atoms with E-state index in [-0.39, 0.29) is 24.1 Å². The number of benzene rings is 1. The predicted octanol–water partition coefficient (Wildman–Crippen LogP) is 2.19. The average Bonchev–Trinajstić information content (AvgIpc) is 2.17. The Hall–Kier alpha value is -1.71. The minimum absolute atomic E-state index is 0.000454. The van der Waals surface area contributed by atoms with Crippen molar-refractivity contribution in [2.75, 3.05) is 0 Å². The molecular formula is C12H16O4. The molecule has 0 spiro atoms. The first kappa shape index (κ1) is 12.4. The maximum absolute atomic E-state index is 11.5. The molecule has 88 valence electrons. The zero-order valence-electron chi connectivity index (χ0n) is 9.65. The highest BCUT2D eigenvalue weighted by Crippen LogP contribution is 2.24. The summed E-state index contributed by atoms with van der Waals surface area (Å²) in [5.41, 5.74) is -0.190. The summed E-state index contributed by atoms with van der Waals surface area (Å²) >= 11 is 0. The van der Waals surface area contributed by atoms with E-state index >= 15 is 0 Å². The van der Waals surface area contributed by atoms with Crippen molar-refractivity contribution >= 4 is 5.97 Å². The fourth-order valence-corrected chi connectivity index (χ4v) is 1.05. The van der Waals surface area contributed by atoms with Gasteiger partial charge in [-0.2, -0.15) is 0 Å². The van der Waals surface area contributed by atoms with Crippen LogP contribution in [0.5, 0.6) is 11.5 Å². The molecule has 4 heteroatoms. The molecule has 0 atom stereocenters. The lowest BCUT2D eigenvalue weighted by Gasteiger charge is -2.16. The number of phenolic OH excluding ortho intramolecular Hbond substituents is 2. The molecule has 0 saturated heterocycles. The monoisotopic (exact) mass is 224 g/mol. The normalized spacial score (nSPS) is 11.2. The predicted molar refractivity (Wildman–Crippen MR) is 59.0 cm³/mol. The summed E-state index contributed by atoms with van der Waals surface area (Å²) in [7, 11) is 0. The summed E-state index contributed by atoms with van der Waals surface area (Å²) < 4.78 is 5.02. The Labute approximate surface area is 94.5 Å². The zero-order valence-corrected chi connectivity index (χ0v) is 9.65. The number of aromatic hydroxyl groups is 2. The standard InChI is InChI=1S/C12H16O4/c1-12(2,3)11(15)16-7-8-6-9(13)4-5-10(8)14/h4-6,13-14H,7H2,1-3H3. The van der Waals surface area contributed by atoms with Crippen molar-refractivity contribution in [3.8, 4) is 11.5 Å². The second-order valence-electron chi connectivity index (χ2n) is 4.64. The van der Waals surface area contributed by atoms with E-state index < -0.39 is 5.41 Å². The number of hydrogen-bond donors (Lipinski definition) is 2. The molecule has 1 rings (SSSR count). The van der Waals surface area contributed by atoms with Gasteiger partial charge in [0.15, 0.2) is 0 Å². The lowest BCUT2D eigenvalue weighted by molar-refractivity contribution is -0.154. The van der Waals surface area contributed by atoms with E-state index in [0.717, 1.165) is 0 Å². The van der Waals surface area contributed by atoms with Gasteiger partial charge >= 0.3 is 5.97 Å². The van der Waals surface area contributed by atoms with E-state index in [2.05, 4.69) is 0 Å². The molecule has 0 saturated carbocycles. The summed E-state index contributed by atoms with van der Waals surface area (Å²) in [6.45, 7) is 5.20. The van der Waals surface area contributed by atoms with Crippen molar-refractivity contribution < 1.29 is 19.7 Å². The quantitative estimate of drug-likeness (QED) is 0.597. The molecule has 0 aliphatic rings. The third-order valence-corrected chi connectivity index (χ3v) is 2.03. The second-order valence-corrected chi connectivity index (χ2v) is 4.64. The molecule has 2 N–H and O–H groups in total. The molecule has 0 unspecified atom stereocenters. The molecule has 0 bridgehead atoms. The highest BCUT2D eigenvalue weighted by atomic mass is 16.5. The first-order valence-electron chi connectivity index (χ1n) is 4.99. The molecule has 1 aromatic rings. The second kappa shape index (κ2) is 4.43. The van der Waals surface area contributed by atoms with Crippen molar-refractivity contribution in [1.82, 2.24) is 0 Å². The Morgan fingerprint density at radius 1 is 1.31 bits per heavy atom. The van der Waals surface area contributed by atoms with Gasteiger partial charge in [-0.15, -0.1) is 0 Å². The topological polar surface area (TPSA) is 66.8 Å². The number of ether oxygens (including phenoxy) is 1. The van der Waals surface area contributed by atoms with Crippen LogP contribution >= 0.6 is 0 Å². The summed E-state index contributed by atoms with van der Waals surface area (Å²) in [6.07, 6.45) is 0. The Morgan fingerprint density at radius 2 is 1.94 bits per heavy atom. The first-order valence-corrected chi connectivity index (χ1v) is 4.99. The molecular weight excluding hydrogens is 208 g/mol. The molecule has 0 aliphatic carbocycles. The average molecular weight is 224 g/mol. The van der Waals surface area contributed by atoms with Crippen molar-refractivity contribution in [2.45, 2.75) is 27.4 Å². The minimum Gasteiger partial charge on any atom is -0.508 e. The number of carbonyl (C=O) groups excluding carboxylic acids is 1. The van der Waals surface area contributed by atoms with Gasteiger partial charge in [-0.25, -0.2) is 0 Å². The Morgan fingerprint density at radius 3 is 2.50 bits per heavy atom. The number of hydrogen-bond acceptors (Lipinski definition) is 4. The zero-order chi connectivity index (χ0) is 12.3. The maximum atomic E-state index is 11.5. The van der Waals surface area contributed by atoms with Gasteiger partial charge in [-0.3, -0.25) is 4.79 Å². The largest absolute Gasteiger partial charge is 0.508 e.